The first-order chi connectivity index (χ1) is 22.5. The second-order valence-electron chi connectivity index (χ2n) is 13.1. The number of ether oxygens (including phenoxy) is 1. The lowest BCUT2D eigenvalue weighted by atomic mass is 9.75. The zero-order chi connectivity index (χ0) is 33.1. The van der Waals surface area contributed by atoms with Crippen LogP contribution in [0.15, 0.2) is 42.1 Å². The summed E-state index contributed by atoms with van der Waals surface area (Å²) in [5, 5.41) is 14.8. The molecular weight excluding hydrogens is 612 g/mol. The van der Waals surface area contributed by atoms with Crippen LogP contribution in [-0.4, -0.2) is 81.3 Å². The fourth-order valence-corrected chi connectivity index (χ4v) is 7.46. The smallest absolute Gasteiger partial charge is 0.319 e. The number of hydrogen-bond acceptors (Lipinski definition) is 8. The van der Waals surface area contributed by atoms with Crippen LogP contribution in [0.3, 0.4) is 0 Å². The van der Waals surface area contributed by atoms with Crippen molar-refractivity contribution < 1.29 is 27.4 Å². The van der Waals surface area contributed by atoms with E-state index in [1.807, 2.05) is 19.0 Å². The van der Waals surface area contributed by atoms with Gasteiger partial charge in [0, 0.05) is 41.3 Å². The zero-order valence-electron chi connectivity index (χ0n) is 26.1. The molecule has 1 aliphatic carbocycles. The number of anilines is 1. The summed E-state index contributed by atoms with van der Waals surface area (Å²) in [5.41, 5.74) is -0.902. The molecule has 7 rings (SSSR count). The van der Waals surface area contributed by atoms with Crippen molar-refractivity contribution in [3.63, 3.8) is 0 Å². The van der Waals surface area contributed by atoms with Gasteiger partial charge in [0.2, 0.25) is 0 Å². The maximum Gasteiger partial charge on any atom is 0.319 e. The molecule has 47 heavy (non-hydrogen) atoms. The van der Waals surface area contributed by atoms with Gasteiger partial charge in [-0.15, -0.1) is 6.42 Å². The fourth-order valence-electron chi connectivity index (χ4n) is 7.46. The van der Waals surface area contributed by atoms with Crippen LogP contribution < -0.4 is 10.1 Å². The van der Waals surface area contributed by atoms with Crippen LogP contribution in [-0.2, 0) is 0 Å². The summed E-state index contributed by atoms with van der Waals surface area (Å²) < 4.78 is 64.8. The first-order valence-corrected chi connectivity index (χ1v) is 15.6. The van der Waals surface area contributed by atoms with Crippen molar-refractivity contribution in [2.24, 2.45) is 0 Å². The van der Waals surface area contributed by atoms with Crippen LogP contribution in [0.2, 0.25) is 0 Å². The number of hydrogen-bond donors (Lipinski definition) is 2. The molecule has 4 heterocycles. The molecule has 12 heteroatoms. The summed E-state index contributed by atoms with van der Waals surface area (Å²) in [6.45, 7) is 1.45. The van der Waals surface area contributed by atoms with Gasteiger partial charge in [0.1, 0.15) is 35.2 Å². The van der Waals surface area contributed by atoms with Crippen LogP contribution in [0.5, 0.6) is 11.8 Å². The van der Waals surface area contributed by atoms with Gasteiger partial charge in [-0.3, -0.25) is 9.88 Å². The second-order valence-corrected chi connectivity index (χ2v) is 13.1. The van der Waals surface area contributed by atoms with E-state index in [2.05, 4.69) is 31.1 Å². The summed E-state index contributed by atoms with van der Waals surface area (Å²) in [6, 6.07) is 5.24. The Balaban J connectivity index is 1.34. The van der Waals surface area contributed by atoms with Crippen molar-refractivity contribution in [3.05, 3.63) is 59.3 Å². The van der Waals surface area contributed by atoms with E-state index in [4.69, 9.17) is 11.2 Å². The SMILES string of the molecule is C#Cc1c(F)ccc2cc(O)cc(-c3ncc4c(NCC5(N(C)C)CCC5)nc(OCC56CCCN5CC(=C(F)F)C6)nc4c3F)c12. The van der Waals surface area contributed by atoms with Crippen molar-refractivity contribution in [1.29, 1.82) is 0 Å². The maximum atomic E-state index is 16.7. The van der Waals surface area contributed by atoms with E-state index in [1.165, 1.54) is 30.5 Å². The summed E-state index contributed by atoms with van der Waals surface area (Å²) in [7, 11) is 4.04. The van der Waals surface area contributed by atoms with Gasteiger partial charge in [0.05, 0.1) is 16.5 Å². The van der Waals surface area contributed by atoms with E-state index in [0.717, 1.165) is 25.7 Å². The number of pyridine rings is 1. The molecule has 0 spiro atoms. The van der Waals surface area contributed by atoms with Crippen LogP contribution in [0, 0.1) is 24.0 Å². The molecule has 1 saturated carbocycles. The number of phenols is 1. The third-order valence-corrected chi connectivity index (χ3v) is 10.3. The second kappa shape index (κ2) is 11.6. The maximum absolute atomic E-state index is 16.7. The lowest BCUT2D eigenvalue weighted by molar-refractivity contribution is 0.0738. The van der Waals surface area contributed by atoms with Crippen LogP contribution in [0.25, 0.3) is 32.9 Å². The van der Waals surface area contributed by atoms with Gasteiger partial charge in [-0.1, -0.05) is 12.0 Å². The van der Waals surface area contributed by atoms with E-state index < -0.39 is 23.3 Å². The summed E-state index contributed by atoms with van der Waals surface area (Å²) in [4.78, 5) is 17.7. The number of likely N-dealkylation sites (N-methyl/N-ethyl adjacent to an activating group) is 1. The van der Waals surface area contributed by atoms with Gasteiger partial charge in [-0.2, -0.15) is 18.7 Å². The van der Waals surface area contributed by atoms with Crippen LogP contribution >= 0.6 is 0 Å². The molecule has 2 aliphatic heterocycles. The van der Waals surface area contributed by atoms with Gasteiger partial charge in [0.25, 0.3) is 6.08 Å². The van der Waals surface area contributed by atoms with Crippen molar-refractivity contribution in [3.8, 4) is 35.4 Å². The summed E-state index contributed by atoms with van der Waals surface area (Å²) in [6.07, 6.45) is 10.2. The summed E-state index contributed by atoms with van der Waals surface area (Å²) in [5.74, 6) is 0.976. The average molecular weight is 647 g/mol. The molecule has 2 aromatic heterocycles. The Bertz CT molecular complexity index is 1990. The molecule has 2 aromatic carbocycles. The van der Waals surface area contributed by atoms with Gasteiger partial charge in [-0.25, -0.2) is 8.78 Å². The predicted octanol–water partition coefficient (Wildman–Crippen LogP) is 6.47. The number of fused-ring (bicyclic) bond motifs is 3. The Labute approximate surface area is 269 Å². The van der Waals surface area contributed by atoms with Crippen molar-refractivity contribution in [1.82, 2.24) is 24.8 Å². The van der Waals surface area contributed by atoms with Crippen molar-refractivity contribution in [2.45, 2.75) is 49.6 Å². The first-order valence-electron chi connectivity index (χ1n) is 15.6. The van der Waals surface area contributed by atoms with E-state index in [9.17, 15) is 18.3 Å². The monoisotopic (exact) mass is 646 g/mol. The fraction of sp³-hybridized carbons (Fsp3) is 0.400. The lowest BCUT2D eigenvalue weighted by Gasteiger charge is -2.47. The number of rotatable bonds is 8. The van der Waals surface area contributed by atoms with E-state index >= 15 is 4.39 Å². The molecule has 2 saturated heterocycles. The molecule has 3 aliphatic rings. The number of nitrogens with one attached hydrogen (secondary N) is 1. The molecule has 3 fully saturated rings. The Morgan fingerprint density at radius 2 is 1.96 bits per heavy atom. The Hall–Kier alpha value is -4.47. The van der Waals surface area contributed by atoms with Gasteiger partial charge in [-0.05, 0) is 82.8 Å². The Kier molecular flexibility index (Phi) is 7.72. The minimum atomic E-state index is -1.66. The molecule has 1 unspecified atom stereocenters. The highest BCUT2D eigenvalue weighted by atomic mass is 19.3. The number of nitrogens with zero attached hydrogens (tertiary/aromatic N) is 5. The summed E-state index contributed by atoms with van der Waals surface area (Å²) >= 11 is 0. The highest BCUT2D eigenvalue weighted by Crippen LogP contribution is 2.44. The zero-order valence-corrected chi connectivity index (χ0v) is 26.1. The number of halogens is 4. The predicted molar refractivity (Wildman–Crippen MR) is 171 cm³/mol. The van der Waals surface area contributed by atoms with Crippen LogP contribution in [0.4, 0.5) is 23.4 Å². The minimum Gasteiger partial charge on any atom is -0.508 e. The molecule has 8 nitrogen and oxygen atoms in total. The third-order valence-electron chi connectivity index (χ3n) is 10.3. The Morgan fingerprint density at radius 1 is 1.15 bits per heavy atom. The average Bonchev–Trinajstić information content (AvgIpc) is 3.58. The molecule has 244 valence electrons. The van der Waals surface area contributed by atoms with Crippen molar-refractivity contribution in [2.75, 3.05) is 45.7 Å². The van der Waals surface area contributed by atoms with E-state index in [-0.39, 0.29) is 70.2 Å². The van der Waals surface area contributed by atoms with Gasteiger partial charge >= 0.3 is 6.01 Å². The minimum absolute atomic E-state index is 0.0535. The molecule has 4 aromatic rings. The van der Waals surface area contributed by atoms with Crippen LogP contribution in [0.1, 0.15) is 44.1 Å². The third kappa shape index (κ3) is 5.22. The molecule has 2 N–H and O–H groups in total. The van der Waals surface area contributed by atoms with Crippen molar-refractivity contribution >= 4 is 27.5 Å². The first kappa shape index (κ1) is 31.1. The molecule has 0 bridgehead atoms. The van der Waals surface area contributed by atoms with Gasteiger partial charge in [0.15, 0.2) is 5.82 Å². The highest BCUT2D eigenvalue weighted by molar-refractivity contribution is 6.03. The quantitative estimate of drug-likeness (QED) is 0.166. The molecule has 0 amide bonds. The van der Waals surface area contributed by atoms with E-state index in [0.29, 0.717) is 36.1 Å². The standard InChI is InChI=1S/C35H34F4N6O2/c1-4-23-26(36)8-7-20-13-22(46)14-24(27(20)23)29-28(37)30-25(16-40-29)32(41-18-34(44(2)3)9-5-10-34)43-33(42-30)47-19-35-11-6-12-45(35)17-21(15-35)31(38)39/h1,7-8,13-14,16,46H,5-6,9-12,15,17-19H2,2-3H3,(H,41,42,43). The number of benzene rings is 2. The lowest BCUT2D eigenvalue weighted by Crippen LogP contribution is -2.54. The molecule has 0 radical (unpaired) electrons. The number of terminal acetylenes is 1. The number of phenolic OH excluding ortho intramolecular Hbond substituents is 1. The topological polar surface area (TPSA) is 86.6 Å². The highest BCUT2D eigenvalue weighted by Gasteiger charge is 2.48. The molecule has 1 atom stereocenters. The number of aromatic hydroxyl groups is 1. The normalized spacial score (nSPS) is 20.4. The largest absolute Gasteiger partial charge is 0.508 e. The van der Waals surface area contributed by atoms with E-state index in [1.54, 1.807) is 0 Å². The number of aromatic nitrogens is 3. The Morgan fingerprint density at radius 3 is 2.66 bits per heavy atom. The van der Waals surface area contributed by atoms with Gasteiger partial charge < -0.3 is 20.1 Å². The molecular formula is C35H34F4N6O2.